The second kappa shape index (κ2) is 4.40. The fraction of sp³-hybridized carbons (Fsp3) is 0.455. The summed E-state index contributed by atoms with van der Waals surface area (Å²) in [5.41, 5.74) is 1.22. The molecule has 0 amide bonds. The Bertz CT molecular complexity index is 242. The maximum atomic E-state index is 5.50. The SMILES string of the molecule is c1ccc(COCC2CCO2)cc1. The van der Waals surface area contributed by atoms with Gasteiger partial charge in [0.2, 0.25) is 0 Å². The van der Waals surface area contributed by atoms with Gasteiger partial charge in [-0.25, -0.2) is 0 Å². The highest BCUT2D eigenvalue weighted by Gasteiger charge is 2.17. The molecule has 0 bridgehead atoms. The molecular weight excluding hydrogens is 164 g/mol. The van der Waals surface area contributed by atoms with Gasteiger partial charge >= 0.3 is 0 Å². The summed E-state index contributed by atoms with van der Waals surface area (Å²) in [4.78, 5) is 0. The summed E-state index contributed by atoms with van der Waals surface area (Å²) in [6.45, 7) is 2.33. The van der Waals surface area contributed by atoms with Crippen molar-refractivity contribution in [3.8, 4) is 0 Å². The van der Waals surface area contributed by atoms with E-state index in [1.807, 2.05) is 18.2 Å². The Morgan fingerprint density at radius 1 is 1.31 bits per heavy atom. The molecule has 1 atom stereocenters. The minimum atomic E-state index is 0.351. The van der Waals surface area contributed by atoms with Crippen LogP contribution in [0.1, 0.15) is 12.0 Å². The third-order valence-electron chi connectivity index (χ3n) is 2.21. The van der Waals surface area contributed by atoms with Crippen LogP contribution in [0.5, 0.6) is 0 Å². The summed E-state index contributed by atoms with van der Waals surface area (Å²) in [5, 5.41) is 0. The smallest absolute Gasteiger partial charge is 0.0830 e. The van der Waals surface area contributed by atoms with Crippen LogP contribution >= 0.6 is 0 Å². The molecule has 0 spiro atoms. The molecule has 2 rings (SSSR count). The molecule has 1 unspecified atom stereocenters. The zero-order valence-electron chi connectivity index (χ0n) is 7.61. The fourth-order valence-electron chi connectivity index (χ4n) is 1.30. The van der Waals surface area contributed by atoms with Gasteiger partial charge in [0.25, 0.3) is 0 Å². The number of ether oxygens (including phenoxy) is 2. The van der Waals surface area contributed by atoms with Crippen LogP contribution in [0, 0.1) is 0 Å². The molecule has 13 heavy (non-hydrogen) atoms. The van der Waals surface area contributed by atoms with E-state index in [-0.39, 0.29) is 0 Å². The first-order valence-electron chi connectivity index (χ1n) is 4.68. The van der Waals surface area contributed by atoms with E-state index in [1.165, 1.54) is 5.56 Å². The average molecular weight is 178 g/mol. The zero-order valence-corrected chi connectivity index (χ0v) is 7.61. The number of benzene rings is 1. The Kier molecular flexibility index (Phi) is 2.95. The van der Waals surface area contributed by atoms with Crippen molar-refractivity contribution in [2.24, 2.45) is 0 Å². The van der Waals surface area contributed by atoms with E-state index in [2.05, 4.69) is 12.1 Å². The van der Waals surface area contributed by atoms with E-state index < -0.39 is 0 Å². The second-order valence-electron chi connectivity index (χ2n) is 3.28. The van der Waals surface area contributed by atoms with Gasteiger partial charge in [-0.05, 0) is 12.0 Å². The van der Waals surface area contributed by atoms with Gasteiger partial charge in [-0.3, -0.25) is 0 Å². The third kappa shape index (κ3) is 2.54. The van der Waals surface area contributed by atoms with Crippen LogP contribution in [0.15, 0.2) is 30.3 Å². The average Bonchev–Trinajstić information content (AvgIpc) is 2.11. The van der Waals surface area contributed by atoms with Gasteiger partial charge in [0, 0.05) is 6.61 Å². The third-order valence-corrected chi connectivity index (χ3v) is 2.21. The standard InChI is InChI=1S/C11H14O2/c1-2-4-10(5-3-1)8-12-9-11-6-7-13-11/h1-5,11H,6-9H2. The maximum Gasteiger partial charge on any atom is 0.0830 e. The molecule has 1 aromatic carbocycles. The second-order valence-corrected chi connectivity index (χ2v) is 3.28. The van der Waals surface area contributed by atoms with Crippen molar-refractivity contribution in [3.63, 3.8) is 0 Å². The van der Waals surface area contributed by atoms with Crippen LogP contribution in [0.2, 0.25) is 0 Å². The summed E-state index contributed by atoms with van der Waals surface area (Å²) in [7, 11) is 0. The first kappa shape index (κ1) is 8.73. The maximum absolute atomic E-state index is 5.50. The minimum Gasteiger partial charge on any atom is -0.376 e. The highest BCUT2D eigenvalue weighted by Crippen LogP contribution is 2.11. The summed E-state index contributed by atoms with van der Waals surface area (Å²) < 4.78 is 10.7. The van der Waals surface area contributed by atoms with Gasteiger partial charge in [0.1, 0.15) is 0 Å². The number of hydrogen-bond donors (Lipinski definition) is 0. The molecule has 1 aliphatic heterocycles. The zero-order chi connectivity index (χ0) is 8.93. The summed E-state index contributed by atoms with van der Waals surface area (Å²) in [5.74, 6) is 0. The molecule has 1 fully saturated rings. The molecule has 2 heteroatoms. The van der Waals surface area contributed by atoms with Crippen molar-refractivity contribution in [1.29, 1.82) is 0 Å². The van der Waals surface area contributed by atoms with Crippen molar-refractivity contribution >= 4 is 0 Å². The Hall–Kier alpha value is -0.860. The van der Waals surface area contributed by atoms with Gasteiger partial charge in [0.05, 0.1) is 19.3 Å². The minimum absolute atomic E-state index is 0.351. The number of hydrogen-bond acceptors (Lipinski definition) is 2. The topological polar surface area (TPSA) is 18.5 Å². The van der Waals surface area contributed by atoms with Gasteiger partial charge in [0.15, 0.2) is 0 Å². The Balaban J connectivity index is 1.67. The summed E-state index contributed by atoms with van der Waals surface area (Å²) >= 11 is 0. The lowest BCUT2D eigenvalue weighted by Gasteiger charge is -2.25. The molecule has 0 aliphatic carbocycles. The first-order valence-corrected chi connectivity index (χ1v) is 4.68. The predicted molar refractivity (Wildman–Crippen MR) is 50.5 cm³/mol. The van der Waals surface area contributed by atoms with Gasteiger partial charge in [-0.15, -0.1) is 0 Å². The van der Waals surface area contributed by atoms with Crippen LogP contribution in [0.4, 0.5) is 0 Å². The van der Waals surface area contributed by atoms with E-state index in [4.69, 9.17) is 9.47 Å². The molecule has 1 saturated heterocycles. The molecule has 70 valence electrons. The molecule has 1 aromatic rings. The van der Waals surface area contributed by atoms with Crippen LogP contribution < -0.4 is 0 Å². The molecular formula is C11H14O2. The Morgan fingerprint density at radius 3 is 2.69 bits per heavy atom. The van der Waals surface area contributed by atoms with E-state index in [0.717, 1.165) is 19.6 Å². The molecule has 0 saturated carbocycles. The van der Waals surface area contributed by atoms with Crippen molar-refractivity contribution < 1.29 is 9.47 Å². The van der Waals surface area contributed by atoms with Crippen LogP contribution in [-0.4, -0.2) is 19.3 Å². The van der Waals surface area contributed by atoms with Crippen molar-refractivity contribution in [2.45, 2.75) is 19.1 Å². The quantitative estimate of drug-likeness (QED) is 0.702. The van der Waals surface area contributed by atoms with E-state index in [9.17, 15) is 0 Å². The first-order chi connectivity index (χ1) is 6.45. The molecule has 1 aliphatic rings. The lowest BCUT2D eigenvalue weighted by molar-refractivity contribution is -0.0967. The number of rotatable bonds is 4. The molecule has 0 aromatic heterocycles. The van der Waals surface area contributed by atoms with Crippen molar-refractivity contribution in [3.05, 3.63) is 35.9 Å². The Morgan fingerprint density at radius 2 is 2.08 bits per heavy atom. The predicted octanol–water partition coefficient (Wildman–Crippen LogP) is 1.99. The van der Waals surface area contributed by atoms with E-state index in [0.29, 0.717) is 12.7 Å². The van der Waals surface area contributed by atoms with Crippen LogP contribution in [-0.2, 0) is 16.1 Å². The van der Waals surface area contributed by atoms with Gasteiger partial charge < -0.3 is 9.47 Å². The van der Waals surface area contributed by atoms with Crippen LogP contribution in [0.3, 0.4) is 0 Å². The van der Waals surface area contributed by atoms with E-state index in [1.54, 1.807) is 0 Å². The molecule has 0 N–H and O–H groups in total. The molecule has 2 nitrogen and oxygen atoms in total. The van der Waals surface area contributed by atoms with Crippen molar-refractivity contribution in [1.82, 2.24) is 0 Å². The highest BCUT2D eigenvalue weighted by molar-refractivity contribution is 5.13. The van der Waals surface area contributed by atoms with Crippen molar-refractivity contribution in [2.75, 3.05) is 13.2 Å². The summed E-state index contributed by atoms with van der Waals surface area (Å²) in [6.07, 6.45) is 1.50. The molecule has 1 heterocycles. The largest absolute Gasteiger partial charge is 0.376 e. The van der Waals surface area contributed by atoms with E-state index >= 15 is 0 Å². The fourth-order valence-corrected chi connectivity index (χ4v) is 1.30. The lowest BCUT2D eigenvalue weighted by Crippen LogP contribution is -2.31. The lowest BCUT2D eigenvalue weighted by atomic mass is 10.2. The monoisotopic (exact) mass is 178 g/mol. The highest BCUT2D eigenvalue weighted by atomic mass is 16.5. The normalized spacial score (nSPS) is 21.1. The molecule has 0 radical (unpaired) electrons. The van der Waals surface area contributed by atoms with Gasteiger partial charge in [-0.1, -0.05) is 30.3 Å². The van der Waals surface area contributed by atoms with Crippen LogP contribution in [0.25, 0.3) is 0 Å². The summed E-state index contributed by atoms with van der Waals surface area (Å²) in [6, 6.07) is 10.2. The van der Waals surface area contributed by atoms with Gasteiger partial charge in [-0.2, -0.15) is 0 Å². The Labute approximate surface area is 78.5 Å².